The molecule has 0 saturated carbocycles. The van der Waals surface area contributed by atoms with Crippen LogP contribution < -0.4 is 10.3 Å². The number of hydrogen-bond donors (Lipinski definition) is 2. The number of aryl methyl sites for hydroxylation is 1. The fourth-order valence-corrected chi connectivity index (χ4v) is 3.95. The van der Waals surface area contributed by atoms with Crippen LogP contribution in [-0.4, -0.2) is 24.1 Å². The van der Waals surface area contributed by atoms with Gasteiger partial charge in [0, 0.05) is 12.6 Å². The van der Waals surface area contributed by atoms with Crippen LogP contribution in [0.25, 0.3) is 11.3 Å². The summed E-state index contributed by atoms with van der Waals surface area (Å²) in [7, 11) is -3.90. The molecule has 0 fully saturated rings. The Balaban J connectivity index is 1.80. The van der Waals surface area contributed by atoms with Crippen molar-refractivity contribution < 1.29 is 13.2 Å². The molecule has 1 aromatic heterocycles. The van der Waals surface area contributed by atoms with Gasteiger partial charge in [0.15, 0.2) is 0 Å². The summed E-state index contributed by atoms with van der Waals surface area (Å²) in [4.78, 5) is 23.7. The van der Waals surface area contributed by atoms with E-state index >= 15 is 0 Å². The van der Waals surface area contributed by atoms with Gasteiger partial charge in [0.1, 0.15) is 0 Å². The number of carbonyl (C=O) groups excluding carboxylic acids is 1. The summed E-state index contributed by atoms with van der Waals surface area (Å²) in [6.45, 7) is 4.68. The number of carbonyl (C=O) groups is 1. The SMILES string of the molecule is CC(=O)NS(=O)(=O)c1ccc(N=NC=C(C)c2c(C)[nH]n(-c3ccccc3)c2=O)cc1. The summed E-state index contributed by atoms with van der Waals surface area (Å²) in [6, 6.07) is 14.8. The van der Waals surface area contributed by atoms with Crippen molar-refractivity contribution in [2.75, 3.05) is 0 Å². The van der Waals surface area contributed by atoms with Crippen LogP contribution in [-0.2, 0) is 14.8 Å². The summed E-state index contributed by atoms with van der Waals surface area (Å²) < 4.78 is 27.3. The number of rotatable bonds is 6. The van der Waals surface area contributed by atoms with Gasteiger partial charge in [0.25, 0.3) is 15.6 Å². The molecule has 3 aromatic rings. The Bertz CT molecular complexity index is 1320. The van der Waals surface area contributed by atoms with Gasteiger partial charge in [-0.25, -0.2) is 17.8 Å². The normalized spacial score (nSPS) is 12.3. The molecule has 10 heteroatoms. The summed E-state index contributed by atoms with van der Waals surface area (Å²) in [5.41, 5.74) is 2.77. The second kappa shape index (κ2) is 8.92. The monoisotopic (exact) mass is 439 g/mol. The lowest BCUT2D eigenvalue weighted by molar-refractivity contribution is -0.117. The average Bonchev–Trinajstić information content (AvgIpc) is 3.02. The van der Waals surface area contributed by atoms with Gasteiger partial charge < -0.3 is 0 Å². The molecule has 0 aliphatic carbocycles. The largest absolute Gasteiger partial charge is 0.295 e. The molecule has 9 nitrogen and oxygen atoms in total. The number of para-hydroxylation sites is 1. The van der Waals surface area contributed by atoms with Crippen molar-refractivity contribution in [2.45, 2.75) is 25.7 Å². The third-order valence-electron chi connectivity index (χ3n) is 4.33. The van der Waals surface area contributed by atoms with Crippen LogP contribution in [0.5, 0.6) is 0 Å². The zero-order valence-corrected chi connectivity index (χ0v) is 18.0. The Morgan fingerprint density at radius 3 is 2.32 bits per heavy atom. The molecule has 160 valence electrons. The van der Waals surface area contributed by atoms with Gasteiger partial charge in [-0.05, 0) is 55.8 Å². The molecular weight excluding hydrogens is 418 g/mol. The van der Waals surface area contributed by atoms with Crippen molar-refractivity contribution >= 4 is 27.2 Å². The smallest absolute Gasteiger partial charge is 0.279 e. The zero-order valence-electron chi connectivity index (χ0n) is 17.2. The topological polar surface area (TPSA) is 126 Å². The van der Waals surface area contributed by atoms with Crippen molar-refractivity contribution in [2.24, 2.45) is 10.2 Å². The molecule has 2 N–H and O–H groups in total. The number of nitrogens with zero attached hydrogens (tertiary/aromatic N) is 3. The van der Waals surface area contributed by atoms with Crippen LogP contribution in [0.15, 0.2) is 80.7 Å². The Hall–Kier alpha value is -3.79. The highest BCUT2D eigenvalue weighted by Crippen LogP contribution is 2.19. The Labute approximate surface area is 179 Å². The molecule has 0 radical (unpaired) electrons. The molecule has 0 atom stereocenters. The number of amides is 1. The zero-order chi connectivity index (χ0) is 22.6. The first-order chi connectivity index (χ1) is 14.7. The van der Waals surface area contributed by atoms with Gasteiger partial charge in [0.2, 0.25) is 5.91 Å². The van der Waals surface area contributed by atoms with Crippen LogP contribution in [0.3, 0.4) is 0 Å². The van der Waals surface area contributed by atoms with Gasteiger partial charge in [-0.15, -0.1) is 0 Å². The first-order valence-corrected chi connectivity index (χ1v) is 10.8. The lowest BCUT2D eigenvalue weighted by atomic mass is 10.1. The lowest BCUT2D eigenvalue weighted by Crippen LogP contribution is -2.28. The Morgan fingerprint density at radius 2 is 1.71 bits per heavy atom. The third-order valence-corrected chi connectivity index (χ3v) is 5.78. The molecule has 3 rings (SSSR count). The second-order valence-corrected chi connectivity index (χ2v) is 8.45. The van der Waals surface area contributed by atoms with Crippen molar-refractivity contribution in [3.8, 4) is 5.69 Å². The second-order valence-electron chi connectivity index (χ2n) is 6.77. The highest BCUT2D eigenvalue weighted by molar-refractivity contribution is 7.90. The predicted octanol–water partition coefficient (Wildman–Crippen LogP) is 3.44. The van der Waals surface area contributed by atoms with Crippen LogP contribution in [0.4, 0.5) is 5.69 Å². The van der Waals surface area contributed by atoms with E-state index in [1.165, 1.54) is 35.1 Å². The van der Waals surface area contributed by atoms with Crippen LogP contribution in [0.2, 0.25) is 0 Å². The summed E-state index contributed by atoms with van der Waals surface area (Å²) in [6.07, 6.45) is 1.47. The molecule has 1 heterocycles. The summed E-state index contributed by atoms with van der Waals surface area (Å²) in [5, 5.41) is 11.1. The van der Waals surface area contributed by atoms with E-state index in [9.17, 15) is 18.0 Å². The number of sulfonamides is 1. The summed E-state index contributed by atoms with van der Waals surface area (Å²) in [5.74, 6) is -0.671. The van der Waals surface area contributed by atoms with E-state index in [0.717, 1.165) is 12.6 Å². The maximum atomic E-state index is 12.8. The van der Waals surface area contributed by atoms with Crippen LogP contribution >= 0.6 is 0 Å². The quantitative estimate of drug-likeness (QED) is 0.571. The molecule has 2 aromatic carbocycles. The Kier molecular flexibility index (Phi) is 6.30. The minimum absolute atomic E-state index is 0.0576. The fraction of sp³-hybridized carbons (Fsp3) is 0.143. The van der Waals surface area contributed by atoms with Crippen LogP contribution in [0, 0.1) is 6.92 Å². The highest BCUT2D eigenvalue weighted by atomic mass is 32.2. The maximum Gasteiger partial charge on any atom is 0.279 e. The standard InChI is InChI=1S/C21H21N5O4S/c1-14(20-15(2)24-26(21(20)28)18-7-5-4-6-8-18)13-22-23-17-9-11-19(12-10-17)31(29,30)25-16(3)27/h4-13,24H,1-3H3,(H,25,27). The number of aromatic amines is 1. The van der Waals surface area contributed by atoms with E-state index in [-0.39, 0.29) is 10.5 Å². The van der Waals surface area contributed by atoms with Crippen molar-refractivity contribution in [1.29, 1.82) is 0 Å². The van der Waals surface area contributed by atoms with Gasteiger partial charge in [-0.1, -0.05) is 18.2 Å². The fourth-order valence-electron chi connectivity index (χ4n) is 2.96. The molecule has 0 spiro atoms. The molecule has 0 unspecified atom stereocenters. The molecule has 1 amide bonds. The molecule has 0 aliphatic rings. The van der Waals surface area contributed by atoms with E-state index in [2.05, 4.69) is 15.3 Å². The average molecular weight is 439 g/mol. The van der Waals surface area contributed by atoms with Crippen molar-refractivity contribution in [1.82, 2.24) is 14.5 Å². The van der Waals surface area contributed by atoms with Gasteiger partial charge in [-0.3, -0.25) is 14.7 Å². The minimum Gasteiger partial charge on any atom is -0.295 e. The number of azo groups is 1. The number of allylic oxidation sites excluding steroid dienone is 1. The number of nitrogens with one attached hydrogen (secondary N) is 2. The third kappa shape index (κ3) is 5.04. The number of hydrogen-bond acceptors (Lipinski definition) is 6. The highest BCUT2D eigenvalue weighted by Gasteiger charge is 2.15. The summed E-state index contributed by atoms with van der Waals surface area (Å²) >= 11 is 0. The van der Waals surface area contributed by atoms with E-state index in [4.69, 9.17) is 0 Å². The van der Waals surface area contributed by atoms with E-state index in [1.54, 1.807) is 13.8 Å². The first-order valence-electron chi connectivity index (χ1n) is 9.27. The number of aromatic nitrogens is 2. The molecular formula is C21H21N5O4S. The van der Waals surface area contributed by atoms with E-state index in [1.807, 2.05) is 35.1 Å². The maximum absolute atomic E-state index is 12.8. The lowest BCUT2D eigenvalue weighted by Gasteiger charge is -2.04. The Morgan fingerprint density at radius 1 is 1.06 bits per heavy atom. The predicted molar refractivity (Wildman–Crippen MR) is 117 cm³/mol. The molecule has 0 bridgehead atoms. The van der Waals surface area contributed by atoms with E-state index < -0.39 is 15.9 Å². The van der Waals surface area contributed by atoms with Crippen molar-refractivity contribution in [3.05, 3.63) is 82.4 Å². The number of benzene rings is 2. The van der Waals surface area contributed by atoms with Gasteiger partial charge in [0.05, 0.1) is 28.0 Å². The van der Waals surface area contributed by atoms with Crippen LogP contribution in [0.1, 0.15) is 25.1 Å². The van der Waals surface area contributed by atoms with E-state index in [0.29, 0.717) is 22.5 Å². The number of H-pyrrole nitrogens is 1. The molecule has 0 saturated heterocycles. The van der Waals surface area contributed by atoms with Gasteiger partial charge >= 0.3 is 0 Å². The minimum atomic E-state index is -3.90. The van der Waals surface area contributed by atoms with Gasteiger partial charge in [-0.2, -0.15) is 10.2 Å². The first kappa shape index (κ1) is 21.9. The molecule has 31 heavy (non-hydrogen) atoms. The molecule has 0 aliphatic heterocycles. The van der Waals surface area contributed by atoms with Crippen molar-refractivity contribution in [3.63, 3.8) is 0 Å².